The van der Waals surface area contributed by atoms with Crippen molar-refractivity contribution in [2.45, 2.75) is 57.4 Å². The highest BCUT2D eigenvalue weighted by atomic mass is 16.5. The van der Waals surface area contributed by atoms with Crippen molar-refractivity contribution in [1.82, 2.24) is 20.4 Å². The molecule has 2 N–H and O–H groups in total. The second-order valence-corrected chi connectivity index (χ2v) is 6.78. The fourth-order valence-corrected chi connectivity index (χ4v) is 3.51. The first kappa shape index (κ1) is 16.2. The van der Waals surface area contributed by atoms with Crippen LogP contribution in [0.5, 0.6) is 0 Å². The predicted octanol–water partition coefficient (Wildman–Crippen LogP) is 2.20. The monoisotopic (exact) mass is 322 g/mol. The maximum atomic E-state index is 12.3. The minimum absolute atomic E-state index is 0.128. The van der Waals surface area contributed by atoms with Gasteiger partial charge < -0.3 is 19.8 Å². The lowest BCUT2D eigenvalue weighted by molar-refractivity contribution is 0.127. The molecule has 1 saturated carbocycles. The molecule has 23 heavy (non-hydrogen) atoms. The van der Waals surface area contributed by atoms with Gasteiger partial charge in [-0.05, 0) is 38.5 Å². The summed E-state index contributed by atoms with van der Waals surface area (Å²) in [6.45, 7) is 3.32. The summed E-state index contributed by atoms with van der Waals surface area (Å²) < 4.78 is 5.34. The molecule has 2 fully saturated rings. The van der Waals surface area contributed by atoms with Crippen LogP contribution in [0.25, 0.3) is 0 Å². The zero-order chi connectivity index (χ0) is 16.2. The van der Waals surface area contributed by atoms with Crippen molar-refractivity contribution in [2.75, 3.05) is 19.7 Å². The van der Waals surface area contributed by atoms with Crippen molar-refractivity contribution in [3.05, 3.63) is 11.7 Å². The van der Waals surface area contributed by atoms with E-state index in [2.05, 4.69) is 15.5 Å². The molecule has 7 nitrogen and oxygen atoms in total. The van der Waals surface area contributed by atoms with Crippen LogP contribution >= 0.6 is 0 Å². The molecule has 3 rings (SSSR count). The highest BCUT2D eigenvalue weighted by Crippen LogP contribution is 2.32. The van der Waals surface area contributed by atoms with Crippen molar-refractivity contribution in [1.29, 1.82) is 0 Å². The van der Waals surface area contributed by atoms with E-state index in [1.807, 2.05) is 6.92 Å². The van der Waals surface area contributed by atoms with Crippen LogP contribution in [0.15, 0.2) is 4.52 Å². The van der Waals surface area contributed by atoms with Gasteiger partial charge >= 0.3 is 6.03 Å². The van der Waals surface area contributed by atoms with Crippen LogP contribution < -0.4 is 5.32 Å². The van der Waals surface area contributed by atoms with Gasteiger partial charge in [-0.15, -0.1) is 0 Å². The Balaban J connectivity index is 1.55. The average molecular weight is 322 g/mol. The first-order valence-corrected chi connectivity index (χ1v) is 8.67. The summed E-state index contributed by atoms with van der Waals surface area (Å²) in [5.41, 5.74) is 0. The average Bonchev–Trinajstić information content (AvgIpc) is 3.25. The molecule has 1 aromatic heterocycles. The number of amides is 2. The van der Waals surface area contributed by atoms with E-state index in [1.54, 1.807) is 4.90 Å². The lowest BCUT2D eigenvalue weighted by Crippen LogP contribution is -2.46. The normalized spacial score (nSPS) is 23.9. The number of aliphatic hydroxyl groups excluding tert-OH is 1. The van der Waals surface area contributed by atoms with Gasteiger partial charge in [0.2, 0.25) is 5.89 Å². The minimum Gasteiger partial charge on any atom is -0.396 e. The van der Waals surface area contributed by atoms with E-state index in [1.165, 1.54) is 12.8 Å². The second-order valence-electron chi connectivity index (χ2n) is 6.78. The number of aromatic nitrogens is 2. The number of hydrogen-bond acceptors (Lipinski definition) is 5. The van der Waals surface area contributed by atoms with Crippen LogP contribution in [0, 0.1) is 5.92 Å². The van der Waals surface area contributed by atoms with Crippen LogP contribution in [0.4, 0.5) is 4.79 Å². The van der Waals surface area contributed by atoms with E-state index in [9.17, 15) is 9.90 Å². The number of aliphatic hydroxyl groups is 1. The highest BCUT2D eigenvalue weighted by molar-refractivity contribution is 5.74. The summed E-state index contributed by atoms with van der Waals surface area (Å²) >= 11 is 0. The predicted molar refractivity (Wildman–Crippen MR) is 83.8 cm³/mol. The zero-order valence-electron chi connectivity index (χ0n) is 13.7. The van der Waals surface area contributed by atoms with Gasteiger partial charge in [-0.1, -0.05) is 18.0 Å². The number of rotatable bonds is 4. The third-order valence-corrected chi connectivity index (χ3v) is 4.95. The molecule has 1 aliphatic heterocycles. The Labute approximate surface area is 136 Å². The van der Waals surface area contributed by atoms with E-state index in [-0.39, 0.29) is 24.6 Å². The van der Waals surface area contributed by atoms with Gasteiger partial charge in [-0.2, -0.15) is 4.98 Å². The molecule has 7 heteroatoms. The number of carbonyl (C=O) groups excluding carboxylic acids is 1. The maximum absolute atomic E-state index is 12.3. The fraction of sp³-hybridized carbons (Fsp3) is 0.812. The molecule has 1 aliphatic carbocycles. The molecule has 2 unspecified atom stereocenters. The van der Waals surface area contributed by atoms with E-state index in [0.717, 1.165) is 38.1 Å². The summed E-state index contributed by atoms with van der Waals surface area (Å²) in [5.74, 6) is 1.83. The van der Waals surface area contributed by atoms with Crippen LogP contribution in [0.3, 0.4) is 0 Å². The third kappa shape index (κ3) is 3.83. The number of piperidine rings is 1. The molecule has 1 saturated heterocycles. The van der Waals surface area contributed by atoms with Crippen LogP contribution in [0.2, 0.25) is 0 Å². The van der Waals surface area contributed by atoms with Gasteiger partial charge in [-0.3, -0.25) is 0 Å². The van der Waals surface area contributed by atoms with E-state index >= 15 is 0 Å². The van der Waals surface area contributed by atoms with Gasteiger partial charge in [0.15, 0.2) is 5.82 Å². The zero-order valence-corrected chi connectivity index (χ0v) is 13.7. The number of likely N-dealkylation sites (tertiary alicyclic amines) is 1. The molecule has 1 aromatic rings. The number of carbonyl (C=O) groups is 1. The summed E-state index contributed by atoms with van der Waals surface area (Å²) in [6.07, 6.45) is 6.60. The van der Waals surface area contributed by atoms with Crippen LogP contribution in [0.1, 0.15) is 69.1 Å². The van der Waals surface area contributed by atoms with Gasteiger partial charge in [0, 0.05) is 25.6 Å². The number of hydrogen-bond donors (Lipinski definition) is 2. The lowest BCUT2D eigenvalue weighted by Gasteiger charge is -2.32. The van der Waals surface area contributed by atoms with Crippen LogP contribution in [-0.4, -0.2) is 45.9 Å². The summed E-state index contributed by atoms with van der Waals surface area (Å²) in [7, 11) is 0. The standard InChI is InChI=1S/C16H26N4O3/c1-11(15-18-14(19-23-15)13-6-2-3-7-13)17-16(22)20-8-4-5-12(9-20)10-21/h11-13,21H,2-10H2,1H3,(H,17,22). The Kier molecular flexibility index (Phi) is 5.15. The van der Waals surface area contributed by atoms with Gasteiger partial charge in [0.1, 0.15) is 6.04 Å². The largest absolute Gasteiger partial charge is 0.396 e. The lowest BCUT2D eigenvalue weighted by atomic mass is 9.99. The van der Waals surface area contributed by atoms with Gasteiger partial charge in [0.05, 0.1) is 0 Å². The van der Waals surface area contributed by atoms with Gasteiger partial charge in [0.25, 0.3) is 0 Å². The molecule has 2 heterocycles. The maximum Gasteiger partial charge on any atom is 0.318 e. The molecule has 0 bridgehead atoms. The number of nitrogens with zero attached hydrogens (tertiary/aromatic N) is 3. The van der Waals surface area contributed by atoms with E-state index in [4.69, 9.17) is 4.52 Å². The van der Waals surface area contributed by atoms with Gasteiger partial charge in [-0.25, -0.2) is 4.79 Å². The molecular weight excluding hydrogens is 296 g/mol. The Bertz CT molecular complexity index is 527. The van der Waals surface area contributed by atoms with Crippen molar-refractivity contribution >= 4 is 6.03 Å². The number of urea groups is 1. The molecule has 2 amide bonds. The van der Waals surface area contributed by atoms with Crippen molar-refractivity contribution < 1.29 is 14.4 Å². The second kappa shape index (κ2) is 7.29. The topological polar surface area (TPSA) is 91.5 Å². The Morgan fingerprint density at radius 2 is 2.17 bits per heavy atom. The number of nitrogens with one attached hydrogen (secondary N) is 1. The van der Waals surface area contributed by atoms with Crippen molar-refractivity contribution in [3.8, 4) is 0 Å². The third-order valence-electron chi connectivity index (χ3n) is 4.95. The SMILES string of the molecule is CC(NC(=O)N1CCCC(CO)C1)c1nc(C2CCCC2)no1. The Morgan fingerprint density at radius 3 is 2.91 bits per heavy atom. The first-order chi connectivity index (χ1) is 11.2. The molecular formula is C16H26N4O3. The van der Waals surface area contributed by atoms with E-state index in [0.29, 0.717) is 18.4 Å². The minimum atomic E-state index is -0.306. The molecule has 0 aromatic carbocycles. The van der Waals surface area contributed by atoms with E-state index < -0.39 is 0 Å². The molecule has 0 spiro atoms. The summed E-state index contributed by atoms with van der Waals surface area (Å²) in [5, 5.41) is 16.3. The summed E-state index contributed by atoms with van der Waals surface area (Å²) in [6, 6.07) is -0.434. The Morgan fingerprint density at radius 1 is 1.39 bits per heavy atom. The highest BCUT2D eigenvalue weighted by Gasteiger charge is 2.27. The fourth-order valence-electron chi connectivity index (χ4n) is 3.51. The first-order valence-electron chi connectivity index (χ1n) is 8.67. The molecule has 2 atom stereocenters. The smallest absolute Gasteiger partial charge is 0.318 e. The van der Waals surface area contributed by atoms with Crippen LogP contribution in [-0.2, 0) is 0 Å². The van der Waals surface area contributed by atoms with Crippen molar-refractivity contribution in [2.24, 2.45) is 5.92 Å². The van der Waals surface area contributed by atoms with Crippen molar-refractivity contribution in [3.63, 3.8) is 0 Å². The molecule has 128 valence electrons. The quantitative estimate of drug-likeness (QED) is 0.886. The summed E-state index contributed by atoms with van der Waals surface area (Å²) in [4.78, 5) is 18.6. The molecule has 2 aliphatic rings. The molecule has 0 radical (unpaired) electrons. The Hall–Kier alpha value is -1.63.